The maximum absolute atomic E-state index is 12.5. The molecule has 0 radical (unpaired) electrons. The Morgan fingerprint density at radius 3 is 2.61 bits per heavy atom. The number of hydrogen-bond acceptors (Lipinski definition) is 3. The number of rotatable bonds is 3. The van der Waals surface area contributed by atoms with E-state index in [-0.39, 0.29) is 11.8 Å². The third kappa shape index (κ3) is 3.97. The molecule has 5 heteroatoms. The van der Waals surface area contributed by atoms with Crippen LogP contribution in [-0.4, -0.2) is 52.8 Å². The number of hydrogen-bond donors (Lipinski definition) is 0. The first-order chi connectivity index (χ1) is 11.1. The molecule has 1 aliphatic carbocycles. The molecule has 3 rings (SSSR count). The highest BCUT2D eigenvalue weighted by atomic mass is 16.2. The predicted octanol–water partition coefficient (Wildman–Crippen LogP) is 2.11. The molecule has 1 saturated heterocycles. The van der Waals surface area contributed by atoms with Crippen molar-refractivity contribution in [2.45, 2.75) is 26.2 Å². The molecule has 1 saturated carbocycles. The van der Waals surface area contributed by atoms with Crippen LogP contribution in [0.25, 0.3) is 0 Å². The van der Waals surface area contributed by atoms with Gasteiger partial charge in [0.1, 0.15) is 0 Å². The second kappa shape index (κ2) is 6.94. The van der Waals surface area contributed by atoms with E-state index < -0.39 is 0 Å². The summed E-state index contributed by atoms with van der Waals surface area (Å²) in [6.45, 7) is 4.62. The average molecular weight is 313 g/mol. The quantitative estimate of drug-likeness (QED) is 0.803. The third-order valence-electron chi connectivity index (χ3n) is 4.58. The fourth-order valence-corrected chi connectivity index (χ4v) is 2.96. The zero-order chi connectivity index (χ0) is 16.2. The van der Waals surface area contributed by atoms with Crippen molar-refractivity contribution >= 4 is 11.8 Å². The van der Waals surface area contributed by atoms with Crippen LogP contribution in [0.15, 0.2) is 36.2 Å². The molecular weight excluding hydrogens is 290 g/mol. The van der Waals surface area contributed by atoms with Crippen molar-refractivity contribution in [3.05, 3.63) is 41.7 Å². The molecule has 122 valence electrons. The van der Waals surface area contributed by atoms with Crippen molar-refractivity contribution < 1.29 is 9.59 Å². The highest BCUT2D eigenvalue weighted by Crippen LogP contribution is 2.36. The van der Waals surface area contributed by atoms with Crippen LogP contribution in [0, 0.1) is 5.92 Å². The van der Waals surface area contributed by atoms with Crippen molar-refractivity contribution in [1.29, 1.82) is 0 Å². The number of amides is 2. The van der Waals surface area contributed by atoms with Gasteiger partial charge in [0, 0.05) is 44.6 Å². The van der Waals surface area contributed by atoms with E-state index in [0.29, 0.717) is 37.7 Å². The van der Waals surface area contributed by atoms with Gasteiger partial charge < -0.3 is 9.80 Å². The van der Waals surface area contributed by atoms with Crippen LogP contribution < -0.4 is 0 Å². The summed E-state index contributed by atoms with van der Waals surface area (Å²) in [4.78, 5) is 32.5. The van der Waals surface area contributed by atoms with E-state index in [1.807, 2.05) is 16.7 Å². The summed E-state index contributed by atoms with van der Waals surface area (Å²) in [6, 6.07) is 3.55. The Kier molecular flexibility index (Phi) is 4.74. The molecule has 2 amide bonds. The Bertz CT molecular complexity index is 608. The standard InChI is InChI=1S/C18H23N3O2/c1-14(15-5-6-15)12-17(22)20-8-3-9-21(11-10-20)18(23)16-4-2-7-19-13-16/h2,4,7,12-13,15H,3,5-6,8-11H2,1H3/b14-12+. The van der Waals surface area contributed by atoms with Gasteiger partial charge in [0.25, 0.3) is 5.91 Å². The first kappa shape index (κ1) is 15.7. The molecule has 0 bridgehead atoms. The molecule has 0 N–H and O–H groups in total. The second-order valence-corrected chi connectivity index (χ2v) is 6.38. The van der Waals surface area contributed by atoms with Gasteiger partial charge in [-0.3, -0.25) is 14.6 Å². The molecule has 1 aliphatic heterocycles. The van der Waals surface area contributed by atoms with Crippen LogP contribution in [0.2, 0.25) is 0 Å². The van der Waals surface area contributed by atoms with Crippen LogP contribution in [0.1, 0.15) is 36.5 Å². The van der Waals surface area contributed by atoms with Crippen molar-refractivity contribution in [2.24, 2.45) is 5.92 Å². The summed E-state index contributed by atoms with van der Waals surface area (Å²) in [5.74, 6) is 0.705. The van der Waals surface area contributed by atoms with Gasteiger partial charge >= 0.3 is 0 Å². The summed E-state index contributed by atoms with van der Waals surface area (Å²) in [6.07, 6.45) is 8.28. The van der Waals surface area contributed by atoms with E-state index in [9.17, 15) is 9.59 Å². The summed E-state index contributed by atoms with van der Waals surface area (Å²) in [5.41, 5.74) is 1.80. The van der Waals surface area contributed by atoms with Gasteiger partial charge in [-0.05, 0) is 44.2 Å². The largest absolute Gasteiger partial charge is 0.337 e. The molecule has 2 aliphatic rings. The van der Waals surface area contributed by atoms with Crippen molar-refractivity contribution in [2.75, 3.05) is 26.2 Å². The fourth-order valence-electron chi connectivity index (χ4n) is 2.96. The topological polar surface area (TPSA) is 53.5 Å². The molecule has 2 heterocycles. The number of nitrogens with zero attached hydrogens (tertiary/aromatic N) is 3. The Balaban J connectivity index is 1.59. The van der Waals surface area contributed by atoms with E-state index in [1.54, 1.807) is 30.6 Å². The SMILES string of the molecule is C/C(=C\C(=O)N1CCCN(C(=O)c2cccnc2)CC1)C1CC1. The van der Waals surface area contributed by atoms with Crippen molar-refractivity contribution in [3.63, 3.8) is 0 Å². The van der Waals surface area contributed by atoms with Crippen LogP contribution in [0.3, 0.4) is 0 Å². The molecule has 2 fully saturated rings. The van der Waals surface area contributed by atoms with Gasteiger partial charge in [0.05, 0.1) is 5.56 Å². The predicted molar refractivity (Wildman–Crippen MR) is 87.8 cm³/mol. The Hall–Kier alpha value is -2.17. The van der Waals surface area contributed by atoms with E-state index in [2.05, 4.69) is 4.98 Å². The smallest absolute Gasteiger partial charge is 0.255 e. The second-order valence-electron chi connectivity index (χ2n) is 6.38. The van der Waals surface area contributed by atoms with E-state index in [1.165, 1.54) is 18.4 Å². The molecule has 0 aromatic carbocycles. The van der Waals surface area contributed by atoms with Crippen molar-refractivity contribution in [1.82, 2.24) is 14.8 Å². The van der Waals surface area contributed by atoms with Crippen LogP contribution in [0.5, 0.6) is 0 Å². The Morgan fingerprint density at radius 1 is 1.17 bits per heavy atom. The average Bonchev–Trinajstić information content (AvgIpc) is 3.41. The van der Waals surface area contributed by atoms with E-state index >= 15 is 0 Å². The van der Waals surface area contributed by atoms with Crippen LogP contribution in [-0.2, 0) is 4.79 Å². The lowest BCUT2D eigenvalue weighted by Gasteiger charge is -2.21. The van der Waals surface area contributed by atoms with E-state index in [4.69, 9.17) is 0 Å². The molecule has 0 spiro atoms. The summed E-state index contributed by atoms with van der Waals surface area (Å²) in [7, 11) is 0. The van der Waals surface area contributed by atoms with Gasteiger partial charge in [-0.1, -0.05) is 5.57 Å². The number of carbonyl (C=O) groups excluding carboxylic acids is 2. The monoisotopic (exact) mass is 313 g/mol. The summed E-state index contributed by atoms with van der Waals surface area (Å²) < 4.78 is 0. The molecule has 1 aromatic rings. The molecular formula is C18H23N3O2. The van der Waals surface area contributed by atoms with Crippen LogP contribution >= 0.6 is 0 Å². The Labute approximate surface area is 137 Å². The third-order valence-corrected chi connectivity index (χ3v) is 4.58. The first-order valence-electron chi connectivity index (χ1n) is 8.31. The van der Waals surface area contributed by atoms with Crippen molar-refractivity contribution in [3.8, 4) is 0 Å². The zero-order valence-corrected chi connectivity index (χ0v) is 13.6. The number of pyridine rings is 1. The minimum absolute atomic E-state index is 0.00268. The fraction of sp³-hybridized carbons (Fsp3) is 0.500. The molecule has 5 nitrogen and oxygen atoms in total. The number of aromatic nitrogens is 1. The summed E-state index contributed by atoms with van der Waals surface area (Å²) >= 11 is 0. The molecule has 0 atom stereocenters. The lowest BCUT2D eigenvalue weighted by atomic mass is 10.2. The maximum Gasteiger partial charge on any atom is 0.255 e. The van der Waals surface area contributed by atoms with E-state index in [0.717, 1.165) is 6.42 Å². The highest BCUT2D eigenvalue weighted by Gasteiger charge is 2.25. The van der Waals surface area contributed by atoms with Gasteiger partial charge in [0.15, 0.2) is 0 Å². The highest BCUT2D eigenvalue weighted by molar-refractivity contribution is 5.94. The zero-order valence-electron chi connectivity index (χ0n) is 13.6. The lowest BCUT2D eigenvalue weighted by molar-refractivity contribution is -0.125. The lowest BCUT2D eigenvalue weighted by Crippen LogP contribution is -2.37. The van der Waals surface area contributed by atoms with Gasteiger partial charge in [-0.15, -0.1) is 0 Å². The van der Waals surface area contributed by atoms with Crippen LogP contribution in [0.4, 0.5) is 0 Å². The normalized spacial score (nSPS) is 19.4. The summed E-state index contributed by atoms with van der Waals surface area (Å²) in [5, 5.41) is 0. The van der Waals surface area contributed by atoms with Gasteiger partial charge in [-0.2, -0.15) is 0 Å². The minimum Gasteiger partial charge on any atom is -0.337 e. The number of carbonyl (C=O) groups is 2. The number of allylic oxidation sites excluding steroid dienone is 1. The molecule has 0 unspecified atom stereocenters. The molecule has 23 heavy (non-hydrogen) atoms. The minimum atomic E-state index is -0.00268. The molecule has 1 aromatic heterocycles. The Morgan fingerprint density at radius 2 is 1.91 bits per heavy atom. The first-order valence-corrected chi connectivity index (χ1v) is 8.31. The van der Waals surface area contributed by atoms with Gasteiger partial charge in [0.2, 0.25) is 5.91 Å². The maximum atomic E-state index is 12.5. The van der Waals surface area contributed by atoms with Gasteiger partial charge in [-0.25, -0.2) is 0 Å².